The Labute approximate surface area is 538 Å². The molecule has 0 spiro atoms. The number of Topliss-reactive ketones (excluding diaryl/α,β-unsaturated/α-hetero) is 1. The van der Waals surface area contributed by atoms with Gasteiger partial charge < -0.3 is 52.6 Å². The number of carboxylic acid groups (broad SMARTS) is 1. The van der Waals surface area contributed by atoms with Crippen LogP contribution in [0.4, 0.5) is 0 Å². The van der Waals surface area contributed by atoms with Crippen LogP contribution in [0.15, 0.2) is 109 Å². The van der Waals surface area contributed by atoms with E-state index in [2.05, 4.69) is 82.6 Å². The molecular formula is C64H84ClI2N7O12. The van der Waals surface area contributed by atoms with Crippen LogP contribution < -0.4 is 38.1 Å². The summed E-state index contributed by atoms with van der Waals surface area (Å²) in [5, 5.41) is 22.1. The Kier molecular flexibility index (Phi) is 33.4. The third kappa shape index (κ3) is 27.6. The van der Waals surface area contributed by atoms with E-state index in [1.807, 2.05) is 78.9 Å². The SMILES string of the molecule is CCCC(NC(=O)[C@@H]1Cc2cccc(c2)C=CCCCCCC(=O)N[C@@H](C2CCCCC2)C(=O)N1)C(=O)C(=O)NCC(=O)N[C@H](C(=O)OC(C)(C)C)c1ccccc1.COC(=O)C(N)Cc1cccc(I)c1.Cl.NC(Cc1cccc(I)c1)C(=O)O. The summed E-state index contributed by atoms with van der Waals surface area (Å²) in [7, 11) is 1.34. The van der Waals surface area contributed by atoms with Gasteiger partial charge in [-0.15, -0.1) is 12.4 Å². The maximum absolute atomic E-state index is 14.2. The first-order valence-electron chi connectivity index (χ1n) is 28.8. The van der Waals surface area contributed by atoms with E-state index in [9.17, 15) is 43.2 Å². The summed E-state index contributed by atoms with van der Waals surface area (Å²) in [6, 6.07) is 25.9. The fraction of sp³-hybridized carbons (Fsp3) is 0.453. The van der Waals surface area contributed by atoms with Gasteiger partial charge in [0.25, 0.3) is 5.91 Å². The Balaban J connectivity index is 0.000000561. The number of hydrogen-bond donors (Lipinski definition) is 8. The molecule has 1 fully saturated rings. The minimum Gasteiger partial charge on any atom is -0.480 e. The molecule has 6 atom stereocenters. The number of carboxylic acids is 1. The van der Waals surface area contributed by atoms with E-state index in [1.54, 1.807) is 58.0 Å². The highest BCUT2D eigenvalue weighted by Gasteiger charge is 2.36. The van der Waals surface area contributed by atoms with Gasteiger partial charge in [0.1, 0.15) is 29.8 Å². The van der Waals surface area contributed by atoms with Crippen LogP contribution in [-0.2, 0) is 71.9 Å². The molecule has 19 nitrogen and oxygen atoms in total. The summed E-state index contributed by atoms with van der Waals surface area (Å²) in [6.07, 6.45) is 13.8. The van der Waals surface area contributed by atoms with Crippen LogP contribution in [0.5, 0.6) is 0 Å². The summed E-state index contributed by atoms with van der Waals surface area (Å²) in [4.78, 5) is 116. The molecule has 1 aliphatic carbocycles. The van der Waals surface area contributed by atoms with Crippen LogP contribution in [0.3, 0.4) is 0 Å². The number of amides is 5. The van der Waals surface area contributed by atoms with Gasteiger partial charge in [-0.05, 0) is 175 Å². The largest absolute Gasteiger partial charge is 0.480 e. The normalized spacial score (nSPS) is 17.1. The Morgan fingerprint density at radius 2 is 1.36 bits per heavy atom. The Bertz CT molecular complexity index is 2900. The third-order valence-corrected chi connectivity index (χ3v) is 15.1. The number of esters is 2. The lowest BCUT2D eigenvalue weighted by Gasteiger charge is -2.31. The van der Waals surface area contributed by atoms with Crippen LogP contribution in [-0.4, -0.2) is 108 Å². The standard InChI is InChI=1S/C45H61N5O8.C10H12INO2.C9H10INO2.ClH/c1-5-18-34(40(53)43(56)46-29-37(52)50-39(33-24-14-10-15-25-33)44(57)58-45(2,3)4)47-41(54)35-28-31-21-17-20-30(27-31)19-11-7-6-8-16-26-36(51)49-38(42(55)48-35)32-22-12-9-13-23-32;1-14-10(13)9(12)6-7-3-2-4-8(11)5-7;10-7-3-1-2-6(4-7)5-8(11)9(12)13;/h10-11,14-15,17,19-21,24-25,27,32,34-35,38-39H,5-9,12-13,16,18,22-23,26,28-29H2,1-4H3,(H,46,56)(H,47,54)(H,48,55)(H,49,51)(H,50,52);2-5,9H,6,12H2,1H3;1-4,8H,5,11H2,(H,12,13);1H/t34?,35-,38-,39-;;;/m0.../s1. The molecule has 5 amide bonds. The Morgan fingerprint density at radius 3 is 1.95 bits per heavy atom. The van der Waals surface area contributed by atoms with E-state index >= 15 is 0 Å². The topological polar surface area (TPSA) is 305 Å². The van der Waals surface area contributed by atoms with E-state index in [0.717, 1.165) is 80.8 Å². The van der Waals surface area contributed by atoms with Crippen molar-refractivity contribution < 1.29 is 57.7 Å². The molecule has 1 saturated carbocycles. The van der Waals surface area contributed by atoms with Crippen molar-refractivity contribution in [3.8, 4) is 0 Å². The number of nitrogens with two attached hydrogens (primary N) is 2. The van der Waals surface area contributed by atoms with Gasteiger partial charge in [0.2, 0.25) is 29.4 Å². The number of halogens is 3. The molecule has 10 N–H and O–H groups in total. The molecule has 468 valence electrons. The first-order valence-corrected chi connectivity index (χ1v) is 31.0. The van der Waals surface area contributed by atoms with E-state index in [0.29, 0.717) is 37.7 Å². The number of carbonyl (C=O) groups is 9. The first kappa shape index (κ1) is 74.0. The molecular weight excluding hydrogens is 1350 g/mol. The van der Waals surface area contributed by atoms with Gasteiger partial charge in [0.05, 0.1) is 19.7 Å². The fourth-order valence-corrected chi connectivity index (χ4v) is 10.7. The molecule has 3 unspecified atom stereocenters. The van der Waals surface area contributed by atoms with Crippen molar-refractivity contribution in [1.82, 2.24) is 26.6 Å². The number of hydrogen-bond acceptors (Lipinski definition) is 13. The highest BCUT2D eigenvalue weighted by molar-refractivity contribution is 14.1. The van der Waals surface area contributed by atoms with E-state index in [4.69, 9.17) is 21.3 Å². The van der Waals surface area contributed by atoms with Gasteiger partial charge in [-0.3, -0.25) is 38.4 Å². The van der Waals surface area contributed by atoms with Crippen LogP contribution in [0.25, 0.3) is 6.08 Å². The van der Waals surface area contributed by atoms with Crippen molar-refractivity contribution >= 4 is 117 Å². The van der Waals surface area contributed by atoms with Crippen LogP contribution in [0.2, 0.25) is 0 Å². The lowest BCUT2D eigenvalue weighted by atomic mass is 9.83. The van der Waals surface area contributed by atoms with Crippen LogP contribution >= 0.6 is 57.6 Å². The summed E-state index contributed by atoms with van der Waals surface area (Å²) in [5.74, 6) is -6.25. The zero-order valence-corrected chi connectivity index (χ0v) is 54.7. The van der Waals surface area contributed by atoms with Crippen molar-refractivity contribution in [3.63, 3.8) is 0 Å². The van der Waals surface area contributed by atoms with E-state index in [1.165, 1.54) is 7.11 Å². The predicted octanol–water partition coefficient (Wildman–Crippen LogP) is 7.93. The summed E-state index contributed by atoms with van der Waals surface area (Å²) < 4.78 is 12.3. The van der Waals surface area contributed by atoms with Crippen molar-refractivity contribution in [2.45, 2.75) is 166 Å². The molecule has 0 aromatic heterocycles. The van der Waals surface area contributed by atoms with Gasteiger partial charge >= 0.3 is 17.9 Å². The van der Waals surface area contributed by atoms with Gasteiger partial charge in [-0.2, -0.15) is 0 Å². The number of rotatable bonds is 18. The molecule has 6 rings (SSSR count). The van der Waals surface area contributed by atoms with E-state index in [-0.39, 0.29) is 43.0 Å². The highest BCUT2D eigenvalue weighted by atomic mass is 127. The van der Waals surface area contributed by atoms with Crippen molar-refractivity contribution in [2.75, 3.05) is 13.7 Å². The number of ether oxygens (including phenoxy) is 2. The van der Waals surface area contributed by atoms with Crippen molar-refractivity contribution in [3.05, 3.63) is 144 Å². The quantitative estimate of drug-likeness (QED) is 0.0267. The van der Waals surface area contributed by atoms with Crippen molar-refractivity contribution in [1.29, 1.82) is 0 Å². The van der Waals surface area contributed by atoms with Gasteiger partial charge in [0.15, 0.2) is 6.04 Å². The maximum atomic E-state index is 14.2. The number of ketones is 1. The minimum atomic E-state index is -1.26. The van der Waals surface area contributed by atoms with E-state index < -0.39 is 89.7 Å². The molecule has 0 radical (unpaired) electrons. The minimum absolute atomic E-state index is 0. The number of allylic oxidation sites excluding steroid dienone is 1. The molecule has 1 heterocycles. The van der Waals surface area contributed by atoms with Gasteiger partial charge in [-0.25, -0.2) is 4.79 Å². The number of aliphatic carboxylic acids is 1. The molecule has 2 bridgehead atoms. The first-order chi connectivity index (χ1) is 40.5. The average Bonchev–Trinajstić information content (AvgIpc) is 3.05. The molecule has 4 aromatic rings. The van der Waals surface area contributed by atoms with Crippen LogP contribution in [0, 0.1) is 13.1 Å². The fourth-order valence-electron chi connectivity index (χ4n) is 9.47. The second kappa shape index (κ2) is 38.8. The zero-order valence-electron chi connectivity index (χ0n) is 49.6. The average molecular weight is 1430 g/mol. The second-order valence-electron chi connectivity index (χ2n) is 22.0. The van der Waals surface area contributed by atoms with Crippen LogP contribution in [0.1, 0.15) is 139 Å². The lowest BCUT2D eigenvalue weighted by molar-refractivity contribution is -0.159. The zero-order chi connectivity index (χ0) is 62.5. The number of carbonyl (C=O) groups excluding carboxylic acids is 8. The Morgan fingerprint density at radius 1 is 0.744 bits per heavy atom. The number of benzene rings is 4. The molecule has 0 saturated heterocycles. The molecule has 2 aliphatic rings. The number of methoxy groups -OCH3 is 1. The predicted molar refractivity (Wildman–Crippen MR) is 349 cm³/mol. The molecule has 86 heavy (non-hydrogen) atoms. The summed E-state index contributed by atoms with van der Waals surface area (Å²) in [6.45, 7) is 6.29. The molecule has 1 aliphatic heterocycles. The van der Waals surface area contributed by atoms with Crippen molar-refractivity contribution in [2.24, 2.45) is 17.4 Å². The number of nitrogens with one attached hydrogen (secondary N) is 5. The lowest BCUT2D eigenvalue weighted by Crippen LogP contribution is -2.59. The third-order valence-electron chi connectivity index (χ3n) is 13.8. The Hall–Kier alpha value is -6.28. The maximum Gasteiger partial charge on any atom is 0.333 e. The summed E-state index contributed by atoms with van der Waals surface area (Å²) >= 11 is 4.40. The molecule has 4 aromatic carbocycles. The summed E-state index contributed by atoms with van der Waals surface area (Å²) in [5.41, 5.74) is 14.4. The molecule has 22 heteroatoms. The second-order valence-corrected chi connectivity index (χ2v) is 24.5. The van der Waals surface area contributed by atoms with Gasteiger partial charge in [0, 0.05) is 20.0 Å². The number of fused-ring (bicyclic) bond motifs is 2. The highest BCUT2D eigenvalue weighted by Crippen LogP contribution is 2.27. The van der Waals surface area contributed by atoms with Gasteiger partial charge in [-0.1, -0.05) is 130 Å². The smallest absolute Gasteiger partial charge is 0.333 e. The monoisotopic (exact) mass is 1430 g/mol.